The first kappa shape index (κ1) is 18.0. The second kappa shape index (κ2) is 7.64. The van der Waals surface area contributed by atoms with E-state index in [0.29, 0.717) is 30.5 Å². The lowest BCUT2D eigenvalue weighted by atomic mass is 10.1. The Morgan fingerprint density at radius 1 is 1.31 bits per heavy atom. The molecule has 2 aromatic rings. The van der Waals surface area contributed by atoms with Crippen molar-refractivity contribution in [1.82, 2.24) is 4.90 Å². The fourth-order valence-corrected chi connectivity index (χ4v) is 3.48. The van der Waals surface area contributed by atoms with E-state index in [1.165, 1.54) is 17.5 Å². The van der Waals surface area contributed by atoms with Gasteiger partial charge in [0.05, 0.1) is 24.8 Å². The first-order chi connectivity index (χ1) is 12.5. The second-order valence-electron chi connectivity index (χ2n) is 6.60. The lowest BCUT2D eigenvalue weighted by Gasteiger charge is -2.25. The Kier molecular flexibility index (Phi) is 5.30. The molecule has 1 aliphatic rings. The number of hydrogen-bond acceptors (Lipinski definition) is 4. The van der Waals surface area contributed by atoms with Crippen molar-refractivity contribution in [3.05, 3.63) is 53.5 Å². The predicted molar refractivity (Wildman–Crippen MR) is 98.3 cm³/mol. The number of amides is 1. The van der Waals surface area contributed by atoms with Crippen molar-refractivity contribution in [2.24, 2.45) is 0 Å². The highest BCUT2D eigenvalue weighted by Crippen LogP contribution is 2.33. The highest BCUT2D eigenvalue weighted by molar-refractivity contribution is 5.95. The van der Waals surface area contributed by atoms with Crippen molar-refractivity contribution < 1.29 is 19.1 Å². The SMILES string of the molecule is CCN(CCC(=O)O)C(=O)c1ccoc1CN1c2ccccc2CC1C. The molecule has 0 aliphatic carbocycles. The Morgan fingerprint density at radius 3 is 2.81 bits per heavy atom. The van der Waals surface area contributed by atoms with E-state index in [1.54, 1.807) is 11.0 Å². The van der Waals surface area contributed by atoms with E-state index in [4.69, 9.17) is 9.52 Å². The number of aliphatic carboxylic acids is 1. The van der Waals surface area contributed by atoms with Gasteiger partial charge in [-0.1, -0.05) is 18.2 Å². The maximum absolute atomic E-state index is 12.8. The molecule has 6 nitrogen and oxygen atoms in total. The number of fused-ring (bicyclic) bond motifs is 1. The molecule has 3 rings (SSSR count). The normalized spacial score (nSPS) is 15.8. The van der Waals surface area contributed by atoms with Crippen LogP contribution in [0.15, 0.2) is 41.0 Å². The molecule has 138 valence electrons. The van der Waals surface area contributed by atoms with E-state index in [1.807, 2.05) is 19.1 Å². The van der Waals surface area contributed by atoms with Crippen LogP contribution in [0.2, 0.25) is 0 Å². The number of carbonyl (C=O) groups excluding carboxylic acids is 1. The summed E-state index contributed by atoms with van der Waals surface area (Å²) in [5.74, 6) is -0.476. The minimum absolute atomic E-state index is 0.0662. The third kappa shape index (κ3) is 3.59. The van der Waals surface area contributed by atoms with Gasteiger partial charge in [0.1, 0.15) is 5.76 Å². The summed E-state index contributed by atoms with van der Waals surface area (Å²) in [7, 11) is 0. The van der Waals surface area contributed by atoms with Gasteiger partial charge in [0, 0.05) is 24.8 Å². The Hall–Kier alpha value is -2.76. The van der Waals surface area contributed by atoms with E-state index < -0.39 is 5.97 Å². The summed E-state index contributed by atoms with van der Waals surface area (Å²) in [6.07, 6.45) is 2.43. The molecule has 1 unspecified atom stereocenters. The van der Waals surface area contributed by atoms with Gasteiger partial charge in [-0.3, -0.25) is 9.59 Å². The van der Waals surface area contributed by atoms with Crippen LogP contribution in [-0.2, 0) is 17.8 Å². The Morgan fingerprint density at radius 2 is 2.08 bits per heavy atom. The van der Waals surface area contributed by atoms with Crippen LogP contribution in [0.3, 0.4) is 0 Å². The molecule has 1 atom stereocenters. The van der Waals surface area contributed by atoms with Crippen molar-refractivity contribution in [1.29, 1.82) is 0 Å². The fourth-order valence-electron chi connectivity index (χ4n) is 3.48. The molecule has 0 fully saturated rings. The summed E-state index contributed by atoms with van der Waals surface area (Å²) in [4.78, 5) is 27.4. The standard InChI is InChI=1S/C20H24N2O4/c1-3-21(10-8-19(23)24)20(25)16-9-11-26-18(16)13-22-14(2)12-15-6-4-5-7-17(15)22/h4-7,9,11,14H,3,8,10,12-13H2,1-2H3,(H,23,24). The van der Waals surface area contributed by atoms with Gasteiger partial charge in [-0.05, 0) is 38.0 Å². The zero-order valence-electron chi connectivity index (χ0n) is 15.1. The van der Waals surface area contributed by atoms with Crippen LogP contribution in [0.5, 0.6) is 0 Å². The van der Waals surface area contributed by atoms with Crippen LogP contribution >= 0.6 is 0 Å². The molecule has 6 heteroatoms. The molecule has 1 aliphatic heterocycles. The van der Waals surface area contributed by atoms with Crippen molar-refractivity contribution in [2.75, 3.05) is 18.0 Å². The number of para-hydroxylation sites is 1. The Bertz CT molecular complexity index is 799. The van der Waals surface area contributed by atoms with E-state index >= 15 is 0 Å². The Balaban J connectivity index is 1.78. The molecule has 1 aromatic heterocycles. The molecule has 0 saturated heterocycles. The highest BCUT2D eigenvalue weighted by Gasteiger charge is 2.28. The third-order valence-electron chi connectivity index (χ3n) is 4.90. The van der Waals surface area contributed by atoms with Gasteiger partial charge in [-0.2, -0.15) is 0 Å². The molecule has 1 amide bonds. The Labute approximate surface area is 153 Å². The van der Waals surface area contributed by atoms with E-state index in [0.717, 1.165) is 6.42 Å². The van der Waals surface area contributed by atoms with Gasteiger partial charge in [-0.25, -0.2) is 0 Å². The summed E-state index contributed by atoms with van der Waals surface area (Å²) in [5.41, 5.74) is 2.98. The van der Waals surface area contributed by atoms with Gasteiger partial charge in [0.15, 0.2) is 0 Å². The van der Waals surface area contributed by atoms with Gasteiger partial charge in [0.25, 0.3) is 5.91 Å². The van der Waals surface area contributed by atoms with E-state index in [-0.39, 0.29) is 18.9 Å². The van der Waals surface area contributed by atoms with Gasteiger partial charge < -0.3 is 19.3 Å². The van der Waals surface area contributed by atoms with Crippen molar-refractivity contribution in [3.8, 4) is 0 Å². The van der Waals surface area contributed by atoms with Gasteiger partial charge in [0.2, 0.25) is 0 Å². The smallest absolute Gasteiger partial charge is 0.305 e. The maximum atomic E-state index is 12.8. The monoisotopic (exact) mass is 356 g/mol. The molecular weight excluding hydrogens is 332 g/mol. The summed E-state index contributed by atoms with van der Waals surface area (Å²) < 4.78 is 5.63. The lowest BCUT2D eigenvalue weighted by molar-refractivity contribution is -0.137. The third-order valence-corrected chi connectivity index (χ3v) is 4.90. The number of furan rings is 1. The molecule has 1 N–H and O–H groups in total. The number of benzene rings is 1. The average molecular weight is 356 g/mol. The van der Waals surface area contributed by atoms with Crippen LogP contribution in [0.25, 0.3) is 0 Å². The van der Waals surface area contributed by atoms with Gasteiger partial charge in [-0.15, -0.1) is 0 Å². The summed E-state index contributed by atoms with van der Waals surface area (Å²) in [6, 6.07) is 10.3. The minimum Gasteiger partial charge on any atom is -0.481 e. The fraction of sp³-hybridized carbons (Fsp3) is 0.400. The summed E-state index contributed by atoms with van der Waals surface area (Å²) in [6.45, 7) is 5.18. The highest BCUT2D eigenvalue weighted by atomic mass is 16.4. The van der Waals surface area contributed by atoms with E-state index in [9.17, 15) is 9.59 Å². The topological polar surface area (TPSA) is 74.0 Å². The van der Waals surface area contributed by atoms with Gasteiger partial charge >= 0.3 is 5.97 Å². The number of rotatable bonds is 7. The zero-order chi connectivity index (χ0) is 18.7. The molecule has 2 heterocycles. The van der Waals surface area contributed by atoms with Crippen LogP contribution in [-0.4, -0.2) is 41.0 Å². The number of nitrogens with zero attached hydrogens (tertiary/aromatic N) is 2. The quantitative estimate of drug-likeness (QED) is 0.825. The van der Waals surface area contributed by atoms with Crippen molar-refractivity contribution in [2.45, 2.75) is 39.3 Å². The van der Waals surface area contributed by atoms with Crippen molar-refractivity contribution in [3.63, 3.8) is 0 Å². The van der Waals surface area contributed by atoms with E-state index in [2.05, 4.69) is 24.0 Å². The minimum atomic E-state index is -0.911. The molecule has 0 spiro atoms. The molecule has 0 bridgehead atoms. The molecule has 26 heavy (non-hydrogen) atoms. The zero-order valence-corrected chi connectivity index (χ0v) is 15.1. The number of carboxylic acids is 1. The molecule has 1 aromatic carbocycles. The molecular formula is C20H24N2O4. The second-order valence-corrected chi connectivity index (χ2v) is 6.60. The first-order valence-corrected chi connectivity index (χ1v) is 8.93. The number of carboxylic acid groups (broad SMARTS) is 1. The molecule has 0 saturated carbocycles. The summed E-state index contributed by atoms with van der Waals surface area (Å²) in [5, 5.41) is 8.87. The number of carbonyl (C=O) groups is 2. The van der Waals surface area contributed by atoms with Crippen LogP contribution in [0, 0.1) is 0 Å². The summed E-state index contributed by atoms with van der Waals surface area (Å²) >= 11 is 0. The molecule has 0 radical (unpaired) electrons. The van der Waals surface area contributed by atoms with Crippen LogP contribution in [0.1, 0.15) is 41.9 Å². The van der Waals surface area contributed by atoms with Crippen molar-refractivity contribution >= 4 is 17.6 Å². The largest absolute Gasteiger partial charge is 0.481 e. The van der Waals surface area contributed by atoms with Crippen LogP contribution in [0.4, 0.5) is 5.69 Å². The number of hydrogen-bond donors (Lipinski definition) is 1. The average Bonchev–Trinajstić information content (AvgIpc) is 3.20. The first-order valence-electron chi connectivity index (χ1n) is 8.93. The van der Waals surface area contributed by atoms with Crippen LogP contribution < -0.4 is 4.90 Å². The lowest BCUT2D eigenvalue weighted by Crippen LogP contribution is -2.34. The predicted octanol–water partition coefficient (Wildman–Crippen LogP) is 3.17. The maximum Gasteiger partial charge on any atom is 0.305 e. The number of anilines is 1.